The van der Waals surface area contributed by atoms with Crippen LogP contribution in [0.2, 0.25) is 0 Å². The van der Waals surface area contributed by atoms with E-state index in [4.69, 9.17) is 9.72 Å². The van der Waals surface area contributed by atoms with Crippen LogP contribution in [0.25, 0.3) is 10.2 Å². The van der Waals surface area contributed by atoms with Gasteiger partial charge in [0.1, 0.15) is 5.75 Å². The van der Waals surface area contributed by atoms with Crippen LogP contribution in [-0.4, -0.2) is 54.6 Å². The van der Waals surface area contributed by atoms with E-state index in [0.29, 0.717) is 12.6 Å². The number of hydrogen-bond acceptors (Lipinski definition) is 6. The number of carbonyl (C=O) groups excluding carboxylic acids is 1. The smallest absolute Gasteiger partial charge is 0.223 e. The lowest BCUT2D eigenvalue weighted by Crippen LogP contribution is -2.41. The minimum Gasteiger partial charge on any atom is -0.493 e. The van der Waals surface area contributed by atoms with Crippen molar-refractivity contribution in [1.29, 1.82) is 0 Å². The SMILES string of the molecule is CCOc1cc2sc(N3CCC(C(=O)NCCCN(Cc4ccccc4)C(C)C)CC3)nc2cc1Br. The zero-order valence-electron chi connectivity index (χ0n) is 21.5. The third kappa shape index (κ3) is 6.99. The maximum Gasteiger partial charge on any atom is 0.223 e. The van der Waals surface area contributed by atoms with Gasteiger partial charge in [-0.3, -0.25) is 9.69 Å². The summed E-state index contributed by atoms with van der Waals surface area (Å²) >= 11 is 5.27. The van der Waals surface area contributed by atoms with E-state index in [1.54, 1.807) is 11.3 Å². The van der Waals surface area contributed by atoms with Crippen molar-refractivity contribution < 1.29 is 9.53 Å². The van der Waals surface area contributed by atoms with Crippen molar-refractivity contribution in [2.45, 2.75) is 52.6 Å². The summed E-state index contributed by atoms with van der Waals surface area (Å²) in [6.45, 7) is 11.5. The van der Waals surface area contributed by atoms with Gasteiger partial charge in [0.05, 0.1) is 21.3 Å². The number of aromatic nitrogens is 1. The minimum atomic E-state index is 0.0832. The van der Waals surface area contributed by atoms with Crippen LogP contribution in [-0.2, 0) is 11.3 Å². The predicted molar refractivity (Wildman–Crippen MR) is 153 cm³/mol. The Hall–Kier alpha value is -2.16. The molecule has 1 aromatic heterocycles. The van der Waals surface area contributed by atoms with Crippen LogP contribution in [0.4, 0.5) is 5.13 Å². The molecule has 4 rings (SSSR count). The molecule has 194 valence electrons. The molecule has 2 aromatic carbocycles. The zero-order valence-corrected chi connectivity index (χ0v) is 23.9. The number of benzene rings is 2. The molecular weight excluding hydrogens is 536 g/mol. The van der Waals surface area contributed by atoms with Crippen LogP contribution in [0.1, 0.15) is 45.6 Å². The van der Waals surface area contributed by atoms with Gasteiger partial charge in [-0.1, -0.05) is 41.7 Å². The molecule has 1 amide bonds. The van der Waals surface area contributed by atoms with Crippen molar-refractivity contribution in [3.63, 3.8) is 0 Å². The maximum atomic E-state index is 12.8. The predicted octanol–water partition coefficient (Wildman–Crippen LogP) is 6.09. The molecule has 6 nitrogen and oxygen atoms in total. The van der Waals surface area contributed by atoms with Gasteiger partial charge in [-0.2, -0.15) is 0 Å². The van der Waals surface area contributed by atoms with Crippen molar-refractivity contribution in [1.82, 2.24) is 15.2 Å². The van der Waals surface area contributed by atoms with Crippen molar-refractivity contribution in [3.05, 3.63) is 52.5 Å². The number of piperidine rings is 1. The van der Waals surface area contributed by atoms with E-state index in [1.807, 2.05) is 13.0 Å². The molecule has 1 fully saturated rings. The molecular formula is C28H37BrN4O2S. The molecule has 1 N–H and O–H groups in total. The van der Waals surface area contributed by atoms with E-state index in [-0.39, 0.29) is 11.8 Å². The summed E-state index contributed by atoms with van der Waals surface area (Å²) in [5, 5.41) is 4.22. The summed E-state index contributed by atoms with van der Waals surface area (Å²) in [4.78, 5) is 22.4. The first kappa shape index (κ1) is 26.9. The van der Waals surface area contributed by atoms with Crippen molar-refractivity contribution in [2.75, 3.05) is 37.7 Å². The fraction of sp³-hybridized carbons (Fsp3) is 0.500. The molecule has 0 spiro atoms. The number of rotatable bonds is 11. The number of fused-ring (bicyclic) bond motifs is 1. The summed E-state index contributed by atoms with van der Waals surface area (Å²) in [6.07, 6.45) is 2.68. The van der Waals surface area contributed by atoms with Gasteiger partial charge in [0.25, 0.3) is 0 Å². The number of nitrogens with zero attached hydrogens (tertiary/aromatic N) is 3. The Bertz CT molecular complexity index is 1130. The number of thiazole rings is 1. The van der Waals surface area contributed by atoms with E-state index >= 15 is 0 Å². The number of anilines is 1. The quantitative estimate of drug-likeness (QED) is 0.282. The third-order valence-electron chi connectivity index (χ3n) is 6.75. The Morgan fingerprint density at radius 2 is 2.00 bits per heavy atom. The Morgan fingerprint density at radius 1 is 1.25 bits per heavy atom. The van der Waals surface area contributed by atoms with Gasteiger partial charge in [0, 0.05) is 50.7 Å². The lowest BCUT2D eigenvalue weighted by atomic mass is 9.96. The molecule has 0 atom stereocenters. The molecule has 0 unspecified atom stereocenters. The van der Waals surface area contributed by atoms with Gasteiger partial charge in [-0.15, -0.1) is 0 Å². The summed E-state index contributed by atoms with van der Waals surface area (Å²) in [5.74, 6) is 1.13. The number of ether oxygens (including phenoxy) is 1. The topological polar surface area (TPSA) is 57.7 Å². The van der Waals surface area contributed by atoms with Gasteiger partial charge in [-0.25, -0.2) is 4.98 Å². The van der Waals surface area contributed by atoms with Crippen LogP contribution in [0.15, 0.2) is 46.9 Å². The lowest BCUT2D eigenvalue weighted by molar-refractivity contribution is -0.125. The van der Waals surface area contributed by atoms with Gasteiger partial charge >= 0.3 is 0 Å². The summed E-state index contributed by atoms with van der Waals surface area (Å²) in [7, 11) is 0. The van der Waals surface area contributed by atoms with Crippen LogP contribution >= 0.6 is 27.3 Å². The lowest BCUT2D eigenvalue weighted by Gasteiger charge is -2.31. The highest BCUT2D eigenvalue weighted by Gasteiger charge is 2.26. The fourth-order valence-electron chi connectivity index (χ4n) is 4.63. The zero-order chi connectivity index (χ0) is 25.5. The first-order valence-corrected chi connectivity index (χ1v) is 14.6. The fourth-order valence-corrected chi connectivity index (χ4v) is 6.10. The van der Waals surface area contributed by atoms with E-state index in [1.165, 1.54) is 5.56 Å². The third-order valence-corrected chi connectivity index (χ3v) is 8.45. The first-order chi connectivity index (χ1) is 17.4. The van der Waals surface area contributed by atoms with Gasteiger partial charge in [0.15, 0.2) is 5.13 Å². The molecule has 1 saturated heterocycles. The molecule has 3 aromatic rings. The number of amides is 1. The number of hydrogen-bond donors (Lipinski definition) is 1. The highest BCUT2D eigenvalue weighted by molar-refractivity contribution is 9.10. The van der Waals surface area contributed by atoms with Crippen molar-refractivity contribution >= 4 is 48.5 Å². The molecule has 0 bridgehead atoms. The van der Waals surface area contributed by atoms with E-state index < -0.39 is 0 Å². The molecule has 2 heterocycles. The first-order valence-electron chi connectivity index (χ1n) is 13.0. The van der Waals surface area contributed by atoms with E-state index in [9.17, 15) is 4.79 Å². The monoisotopic (exact) mass is 572 g/mol. The molecule has 1 aliphatic heterocycles. The molecule has 0 radical (unpaired) electrons. The molecule has 0 aliphatic carbocycles. The van der Waals surface area contributed by atoms with Gasteiger partial charge < -0.3 is 15.0 Å². The summed E-state index contributed by atoms with van der Waals surface area (Å²) in [5.41, 5.74) is 2.31. The molecule has 36 heavy (non-hydrogen) atoms. The highest BCUT2D eigenvalue weighted by atomic mass is 79.9. The molecule has 8 heteroatoms. The van der Waals surface area contributed by atoms with Crippen LogP contribution in [0.5, 0.6) is 5.75 Å². The van der Waals surface area contributed by atoms with Crippen molar-refractivity contribution in [3.8, 4) is 5.75 Å². The summed E-state index contributed by atoms with van der Waals surface area (Å²) in [6, 6.07) is 15.1. The molecule has 1 aliphatic rings. The van der Waals surface area contributed by atoms with Crippen molar-refractivity contribution in [2.24, 2.45) is 5.92 Å². The summed E-state index contributed by atoms with van der Waals surface area (Å²) < 4.78 is 7.76. The van der Waals surface area contributed by atoms with E-state index in [0.717, 1.165) is 77.6 Å². The minimum absolute atomic E-state index is 0.0832. The van der Waals surface area contributed by atoms with Crippen LogP contribution < -0.4 is 15.0 Å². The van der Waals surface area contributed by atoms with Crippen LogP contribution in [0.3, 0.4) is 0 Å². The van der Waals surface area contributed by atoms with Gasteiger partial charge in [0.2, 0.25) is 5.91 Å². The van der Waals surface area contributed by atoms with Gasteiger partial charge in [-0.05, 0) is 67.6 Å². The maximum absolute atomic E-state index is 12.8. The Labute approximate surface area is 227 Å². The average Bonchev–Trinajstić information content (AvgIpc) is 3.29. The second-order valence-electron chi connectivity index (χ2n) is 9.64. The highest BCUT2D eigenvalue weighted by Crippen LogP contribution is 2.37. The largest absolute Gasteiger partial charge is 0.493 e. The average molecular weight is 574 g/mol. The Balaban J connectivity index is 1.22. The number of halogens is 1. The molecule has 0 saturated carbocycles. The standard InChI is InChI=1S/C28H37BrN4O2S/c1-4-35-25-18-26-24(17-23(25)29)31-28(36-26)32-15-11-22(12-16-32)27(34)30-13-8-14-33(20(2)3)19-21-9-6-5-7-10-21/h5-7,9-10,17-18,20,22H,4,8,11-16,19H2,1-3H3,(H,30,34). The van der Waals surface area contributed by atoms with Crippen LogP contribution in [0, 0.1) is 5.92 Å². The Morgan fingerprint density at radius 3 is 2.69 bits per heavy atom. The Kier molecular flexibility index (Phi) is 9.62. The number of carbonyl (C=O) groups is 1. The second-order valence-corrected chi connectivity index (χ2v) is 11.5. The normalized spacial score (nSPS) is 14.7. The second kappa shape index (κ2) is 12.9. The number of nitrogens with one attached hydrogen (secondary N) is 1. The van der Waals surface area contributed by atoms with E-state index in [2.05, 4.69) is 81.3 Å².